The molecule has 6 atom stereocenters. The number of phenolic OH excluding ortho intramolecular Hbond substituents is 1. The zero-order chi connectivity index (χ0) is 33.5. The van der Waals surface area contributed by atoms with Crippen LogP contribution in [0.3, 0.4) is 0 Å². The second-order valence-corrected chi connectivity index (χ2v) is 14.0. The third kappa shape index (κ3) is 4.27. The van der Waals surface area contributed by atoms with Crippen molar-refractivity contribution in [2.24, 2.45) is 23.7 Å². The third-order valence-corrected chi connectivity index (χ3v) is 11.3. The number of aryl methyl sites for hydroxylation is 1. The fourth-order valence-corrected chi connectivity index (χ4v) is 9.13. The van der Waals surface area contributed by atoms with E-state index >= 15 is 4.79 Å². The van der Waals surface area contributed by atoms with Gasteiger partial charge in [-0.25, -0.2) is 4.90 Å². The number of imide groups is 2. The van der Waals surface area contributed by atoms with Crippen molar-refractivity contribution in [3.8, 4) is 5.75 Å². The van der Waals surface area contributed by atoms with E-state index in [0.717, 1.165) is 11.1 Å². The summed E-state index contributed by atoms with van der Waals surface area (Å²) in [5.41, 5.74) is 2.35. The maximum Gasteiger partial charge on any atom is 0.246 e. The Morgan fingerprint density at radius 1 is 0.729 bits per heavy atom. The van der Waals surface area contributed by atoms with Crippen LogP contribution in [0, 0.1) is 30.6 Å². The molecule has 4 amide bonds. The molecule has 2 aliphatic carbocycles. The minimum absolute atomic E-state index is 0.110. The minimum Gasteiger partial charge on any atom is -0.508 e. The van der Waals surface area contributed by atoms with Crippen LogP contribution in [0.4, 0.5) is 11.4 Å². The number of hydrogen-bond donors (Lipinski definition) is 1. The summed E-state index contributed by atoms with van der Waals surface area (Å²) in [4.78, 5) is 60.8. The van der Waals surface area contributed by atoms with Gasteiger partial charge in [-0.15, -0.1) is 0 Å². The van der Waals surface area contributed by atoms with Crippen molar-refractivity contribution in [1.29, 1.82) is 0 Å². The molecule has 1 saturated carbocycles. The lowest BCUT2D eigenvalue weighted by Gasteiger charge is -2.50. The Morgan fingerprint density at radius 3 is 2.19 bits per heavy atom. The monoisotopic (exact) mass is 676 g/mol. The predicted molar refractivity (Wildman–Crippen MR) is 183 cm³/mol. The van der Waals surface area contributed by atoms with Gasteiger partial charge in [0.2, 0.25) is 23.6 Å². The van der Waals surface area contributed by atoms with Crippen LogP contribution in [0.2, 0.25) is 10.0 Å². The lowest BCUT2D eigenvalue weighted by molar-refractivity contribution is -0.127. The number of aromatic hydroxyl groups is 1. The van der Waals surface area contributed by atoms with Crippen molar-refractivity contribution in [3.05, 3.63) is 135 Å². The number of allylic oxidation sites excluding steroid dienone is 2. The fraction of sp³-hybridized carbons (Fsp3) is 0.231. The Kier molecular flexibility index (Phi) is 7.13. The van der Waals surface area contributed by atoms with E-state index in [1.165, 1.54) is 9.80 Å². The van der Waals surface area contributed by atoms with Crippen LogP contribution < -0.4 is 9.80 Å². The molecule has 1 N–H and O–H groups in total. The molecule has 240 valence electrons. The Hall–Kier alpha value is -4.72. The molecular formula is C39H30Cl2N2O5. The van der Waals surface area contributed by atoms with Gasteiger partial charge in [0.15, 0.2) is 0 Å². The van der Waals surface area contributed by atoms with Crippen LogP contribution in [-0.2, 0) is 24.6 Å². The number of fused-ring (bicyclic) bond motifs is 4. The van der Waals surface area contributed by atoms with E-state index in [1.807, 2.05) is 42.5 Å². The molecule has 0 unspecified atom stereocenters. The van der Waals surface area contributed by atoms with Gasteiger partial charge in [0.25, 0.3) is 0 Å². The third-order valence-electron chi connectivity index (χ3n) is 10.8. The van der Waals surface area contributed by atoms with Gasteiger partial charge in [0.05, 0.1) is 34.5 Å². The Labute approximate surface area is 287 Å². The number of hydrogen-bond acceptors (Lipinski definition) is 5. The van der Waals surface area contributed by atoms with E-state index in [0.29, 0.717) is 39.0 Å². The van der Waals surface area contributed by atoms with E-state index in [2.05, 4.69) is 0 Å². The number of phenols is 1. The average molecular weight is 678 g/mol. The van der Waals surface area contributed by atoms with Gasteiger partial charge in [-0.1, -0.05) is 83.4 Å². The zero-order valence-corrected chi connectivity index (χ0v) is 27.4. The first-order valence-corrected chi connectivity index (χ1v) is 16.7. The molecule has 2 saturated heterocycles. The summed E-state index contributed by atoms with van der Waals surface area (Å²) >= 11 is 12.5. The Bertz CT molecular complexity index is 2060. The molecule has 0 spiro atoms. The quantitative estimate of drug-likeness (QED) is 0.180. The molecule has 0 aromatic heterocycles. The SMILES string of the molecule is Cc1cc([C@H]2C3=CC[C@@H]4C(=O)N(c5ccc(Cl)cc5)C(=O)[C@@H]4[C@@H]3C[C@H]3C(=O)N(c4cccc(Cl)c4)C(=O)[C@@]23c2ccccc2)ccc1O. The van der Waals surface area contributed by atoms with Gasteiger partial charge in [0, 0.05) is 16.0 Å². The van der Waals surface area contributed by atoms with Crippen molar-refractivity contribution in [3.63, 3.8) is 0 Å². The van der Waals surface area contributed by atoms with Crippen molar-refractivity contribution in [1.82, 2.24) is 0 Å². The molecule has 8 rings (SSSR count). The Morgan fingerprint density at radius 2 is 1.48 bits per heavy atom. The molecule has 4 aliphatic rings. The summed E-state index contributed by atoms with van der Waals surface area (Å²) in [6.07, 6.45) is 2.54. The number of halogens is 2. The van der Waals surface area contributed by atoms with Gasteiger partial charge in [-0.2, -0.15) is 0 Å². The second-order valence-electron chi connectivity index (χ2n) is 13.1. The average Bonchev–Trinajstić information content (AvgIpc) is 3.47. The summed E-state index contributed by atoms with van der Waals surface area (Å²) in [5.74, 6) is -4.59. The van der Waals surface area contributed by atoms with Gasteiger partial charge >= 0.3 is 0 Å². The maximum atomic E-state index is 15.2. The van der Waals surface area contributed by atoms with Gasteiger partial charge < -0.3 is 5.11 Å². The Balaban J connectivity index is 1.35. The van der Waals surface area contributed by atoms with E-state index in [9.17, 15) is 19.5 Å². The number of carbonyl (C=O) groups is 4. The molecule has 0 bridgehead atoms. The van der Waals surface area contributed by atoms with Crippen molar-refractivity contribution >= 4 is 58.2 Å². The first-order chi connectivity index (χ1) is 23.1. The molecular weight excluding hydrogens is 647 g/mol. The lowest BCUT2D eigenvalue weighted by atomic mass is 9.49. The van der Waals surface area contributed by atoms with Crippen molar-refractivity contribution in [2.45, 2.75) is 31.1 Å². The summed E-state index contributed by atoms with van der Waals surface area (Å²) in [6, 6.07) is 28.0. The highest BCUT2D eigenvalue weighted by Crippen LogP contribution is 2.64. The molecule has 4 aromatic carbocycles. The number of carbonyl (C=O) groups excluding carboxylic acids is 4. The second kappa shape index (κ2) is 11.2. The lowest BCUT2D eigenvalue weighted by Crippen LogP contribution is -2.53. The summed E-state index contributed by atoms with van der Waals surface area (Å²) < 4.78 is 0. The van der Waals surface area contributed by atoms with Crippen LogP contribution in [-0.4, -0.2) is 28.7 Å². The normalized spacial score (nSPS) is 27.9. The highest BCUT2D eigenvalue weighted by molar-refractivity contribution is 6.32. The van der Waals surface area contributed by atoms with Crippen molar-refractivity contribution < 1.29 is 24.3 Å². The largest absolute Gasteiger partial charge is 0.508 e. The first-order valence-electron chi connectivity index (χ1n) is 15.9. The van der Waals surface area contributed by atoms with Crippen LogP contribution in [0.5, 0.6) is 5.75 Å². The molecule has 4 aromatic rings. The number of benzene rings is 4. The van der Waals surface area contributed by atoms with Gasteiger partial charge in [-0.05, 0) is 90.9 Å². The van der Waals surface area contributed by atoms with Crippen LogP contribution in [0.15, 0.2) is 109 Å². The minimum atomic E-state index is -1.37. The van der Waals surface area contributed by atoms with E-state index in [4.69, 9.17) is 23.2 Å². The van der Waals surface area contributed by atoms with Crippen molar-refractivity contribution in [2.75, 3.05) is 9.80 Å². The van der Waals surface area contributed by atoms with Crippen LogP contribution in [0.25, 0.3) is 0 Å². The first kappa shape index (κ1) is 30.6. The fourth-order valence-electron chi connectivity index (χ4n) is 8.82. The smallest absolute Gasteiger partial charge is 0.246 e. The van der Waals surface area contributed by atoms with Gasteiger partial charge in [0.1, 0.15) is 5.75 Å². The molecule has 48 heavy (non-hydrogen) atoms. The predicted octanol–water partition coefficient (Wildman–Crippen LogP) is 7.37. The summed E-state index contributed by atoms with van der Waals surface area (Å²) in [6.45, 7) is 1.79. The number of anilines is 2. The number of amides is 4. The summed E-state index contributed by atoms with van der Waals surface area (Å²) in [5, 5.41) is 11.4. The number of rotatable bonds is 4. The maximum absolute atomic E-state index is 15.2. The van der Waals surface area contributed by atoms with E-state index < -0.39 is 35.0 Å². The number of nitrogens with zero attached hydrogens (tertiary/aromatic N) is 2. The molecule has 0 radical (unpaired) electrons. The topological polar surface area (TPSA) is 95.0 Å². The molecule has 3 fully saturated rings. The molecule has 9 heteroatoms. The standard InChI is InChI=1S/C39H30Cl2N2O5/c1-21-18-22(10-17-32(21)44)34-28-15-16-29-33(37(47)42(35(29)45)26-13-11-24(40)12-14-26)30(28)20-31-36(46)43(27-9-5-8-25(41)19-27)38(48)39(31,34)23-6-3-2-4-7-23/h2-15,17-19,29-31,33-34,44H,16,20H2,1H3/t29-,30+,31-,33-,34-,39+/m0/s1. The molecule has 2 heterocycles. The molecule has 2 aliphatic heterocycles. The highest BCUT2D eigenvalue weighted by atomic mass is 35.5. The zero-order valence-electron chi connectivity index (χ0n) is 25.8. The van der Waals surface area contributed by atoms with E-state index in [1.54, 1.807) is 67.6 Å². The van der Waals surface area contributed by atoms with Crippen LogP contribution >= 0.6 is 23.2 Å². The van der Waals surface area contributed by atoms with Crippen LogP contribution in [0.1, 0.15) is 35.4 Å². The molecule has 7 nitrogen and oxygen atoms in total. The van der Waals surface area contributed by atoms with Gasteiger partial charge in [-0.3, -0.25) is 24.1 Å². The van der Waals surface area contributed by atoms with E-state index in [-0.39, 0.29) is 35.8 Å². The highest BCUT2D eigenvalue weighted by Gasteiger charge is 2.70. The summed E-state index contributed by atoms with van der Waals surface area (Å²) in [7, 11) is 0.